The number of hydrogen-bond donors (Lipinski definition) is 0. The molecular weight excluding hydrogens is 871 g/mol. The molecule has 12 aromatic rings. The van der Waals surface area contributed by atoms with E-state index in [4.69, 9.17) is 15.0 Å². The lowest BCUT2D eigenvalue weighted by Crippen LogP contribution is -2.01. The van der Waals surface area contributed by atoms with Crippen molar-refractivity contribution in [1.29, 1.82) is 0 Å². The molecule has 0 amide bonds. The van der Waals surface area contributed by atoms with Gasteiger partial charge in [-0.15, -0.1) is 0 Å². The van der Waals surface area contributed by atoms with Crippen LogP contribution < -0.4 is 0 Å². The van der Waals surface area contributed by atoms with Gasteiger partial charge in [0.05, 0.1) is 22.8 Å². The summed E-state index contributed by atoms with van der Waals surface area (Å²) in [5, 5.41) is 0. The van der Waals surface area contributed by atoms with Gasteiger partial charge in [-0.05, 0) is 62.2 Å². The van der Waals surface area contributed by atoms with Gasteiger partial charge in [0, 0.05) is 44.5 Å². The Balaban J connectivity index is 0.981. The third-order valence-corrected chi connectivity index (χ3v) is 13.3. The summed E-state index contributed by atoms with van der Waals surface area (Å²) in [5.41, 5.74) is 22.2. The number of rotatable bonds is 11. The van der Waals surface area contributed by atoms with Crippen molar-refractivity contribution in [2.45, 2.75) is 0 Å². The second kappa shape index (κ2) is 19.8. The van der Waals surface area contributed by atoms with Crippen LogP contribution in [0.1, 0.15) is 0 Å². The molecular formula is C69H47N3. The number of hydrogen-bond acceptors (Lipinski definition) is 3. The molecule has 2 heterocycles. The summed E-state index contributed by atoms with van der Waals surface area (Å²) < 4.78 is 0. The van der Waals surface area contributed by atoms with Crippen LogP contribution in [0.5, 0.6) is 0 Å². The van der Waals surface area contributed by atoms with Crippen molar-refractivity contribution in [3.63, 3.8) is 0 Å². The number of pyridine rings is 1. The molecule has 0 N–H and O–H groups in total. The predicted octanol–water partition coefficient (Wildman–Crippen LogP) is 18.2. The highest BCUT2D eigenvalue weighted by Crippen LogP contribution is 2.49. The molecule has 0 atom stereocenters. The molecule has 0 radical (unpaired) electrons. The van der Waals surface area contributed by atoms with Gasteiger partial charge < -0.3 is 0 Å². The molecule has 0 unspecified atom stereocenters. The van der Waals surface area contributed by atoms with Crippen molar-refractivity contribution in [2.24, 2.45) is 0 Å². The number of aromatic nitrogens is 3. The summed E-state index contributed by atoms with van der Waals surface area (Å²) >= 11 is 0. The normalized spacial score (nSPS) is 11.1. The monoisotopic (exact) mass is 917 g/mol. The van der Waals surface area contributed by atoms with Gasteiger partial charge in [0.25, 0.3) is 0 Å². The molecule has 0 bridgehead atoms. The van der Waals surface area contributed by atoms with Crippen molar-refractivity contribution in [2.75, 3.05) is 0 Å². The Morgan fingerprint density at radius 1 is 0.167 bits per heavy atom. The van der Waals surface area contributed by atoms with Crippen molar-refractivity contribution in [1.82, 2.24) is 15.0 Å². The van der Waals surface area contributed by atoms with Crippen molar-refractivity contribution in [3.05, 3.63) is 285 Å². The summed E-state index contributed by atoms with van der Waals surface area (Å²) in [4.78, 5) is 16.1. The third kappa shape index (κ3) is 8.95. The first-order chi connectivity index (χ1) is 35.7. The molecule has 0 saturated carbocycles. The molecule has 0 saturated heterocycles. The molecule has 338 valence electrons. The zero-order valence-electron chi connectivity index (χ0n) is 39.5. The van der Waals surface area contributed by atoms with E-state index < -0.39 is 0 Å². The summed E-state index contributed by atoms with van der Waals surface area (Å²) in [6, 6.07) is 101. The van der Waals surface area contributed by atoms with Crippen molar-refractivity contribution >= 4 is 0 Å². The smallest absolute Gasteiger partial charge is 0.160 e. The van der Waals surface area contributed by atoms with E-state index in [1.54, 1.807) is 0 Å². The van der Waals surface area contributed by atoms with E-state index in [0.717, 1.165) is 106 Å². The first kappa shape index (κ1) is 43.7. The van der Waals surface area contributed by atoms with Gasteiger partial charge in [-0.3, -0.25) is 0 Å². The van der Waals surface area contributed by atoms with E-state index in [0.29, 0.717) is 5.82 Å². The zero-order valence-corrected chi connectivity index (χ0v) is 39.5. The lowest BCUT2D eigenvalue weighted by Gasteiger charge is -2.23. The zero-order chi connectivity index (χ0) is 48.1. The average molecular weight is 918 g/mol. The maximum atomic E-state index is 5.64. The second-order valence-corrected chi connectivity index (χ2v) is 17.9. The van der Waals surface area contributed by atoms with Crippen LogP contribution in [-0.2, 0) is 0 Å². The highest BCUT2D eigenvalue weighted by atomic mass is 14.9. The van der Waals surface area contributed by atoms with Gasteiger partial charge >= 0.3 is 0 Å². The molecule has 2 aromatic heterocycles. The first-order valence-corrected chi connectivity index (χ1v) is 24.4. The van der Waals surface area contributed by atoms with E-state index in [9.17, 15) is 0 Å². The Bertz CT molecular complexity index is 3570. The highest BCUT2D eigenvalue weighted by Gasteiger charge is 2.25. The summed E-state index contributed by atoms with van der Waals surface area (Å²) in [6.07, 6.45) is 0. The summed E-state index contributed by atoms with van der Waals surface area (Å²) in [7, 11) is 0. The standard InChI is InChI=1S/C69H47N3/c1-7-20-48(21-8-1)50-34-40-53(41-35-50)62-47-63(54-42-36-51(37-43-54)49-22-9-2-10-23-49)71-69(70-62)59-44-38-52(39-45-59)60-32-19-33-61(46-60)64-65(55-24-11-3-12-25-55)67(57-28-15-5-16-29-57)72-68(58-30-17-6-18-31-58)66(64)56-26-13-4-14-27-56/h1-47H. The fourth-order valence-corrected chi connectivity index (χ4v) is 9.72. The van der Waals surface area contributed by atoms with E-state index in [2.05, 4.69) is 273 Å². The molecule has 0 aliphatic rings. The quantitative estimate of drug-likeness (QED) is 0.130. The Morgan fingerprint density at radius 2 is 0.458 bits per heavy atom. The number of benzene rings is 10. The van der Waals surface area contributed by atoms with Crippen LogP contribution in [0, 0.1) is 0 Å². The van der Waals surface area contributed by atoms with Crippen LogP contribution in [0.15, 0.2) is 285 Å². The highest BCUT2D eigenvalue weighted by molar-refractivity contribution is 6.05. The van der Waals surface area contributed by atoms with Crippen LogP contribution in [0.4, 0.5) is 0 Å². The first-order valence-electron chi connectivity index (χ1n) is 24.4. The summed E-state index contributed by atoms with van der Waals surface area (Å²) in [6.45, 7) is 0. The van der Waals surface area contributed by atoms with Crippen LogP contribution in [0.25, 0.3) is 123 Å². The van der Waals surface area contributed by atoms with Gasteiger partial charge in [-0.2, -0.15) is 0 Å². The van der Waals surface area contributed by atoms with Crippen LogP contribution >= 0.6 is 0 Å². The number of nitrogens with zero attached hydrogens (tertiary/aromatic N) is 3. The van der Waals surface area contributed by atoms with Gasteiger partial charge in [0.15, 0.2) is 5.82 Å². The van der Waals surface area contributed by atoms with Gasteiger partial charge in [0.1, 0.15) is 0 Å². The van der Waals surface area contributed by atoms with Crippen molar-refractivity contribution in [3.8, 4) is 123 Å². The SMILES string of the molecule is c1ccc(-c2ccc(-c3cc(-c4ccc(-c5ccccc5)cc4)nc(-c4ccc(-c5cccc(-c6c(-c7ccccc7)c(-c7ccccc7)nc(-c7ccccc7)c6-c6ccccc6)c5)cc4)n3)cc2)cc1. The lowest BCUT2D eigenvalue weighted by atomic mass is 9.82. The molecule has 0 aliphatic heterocycles. The Morgan fingerprint density at radius 3 is 0.861 bits per heavy atom. The van der Waals surface area contributed by atoms with Gasteiger partial charge in [-0.1, -0.05) is 273 Å². The Kier molecular flexibility index (Phi) is 12.0. The molecule has 0 spiro atoms. The minimum absolute atomic E-state index is 0.667. The minimum atomic E-state index is 0.667. The van der Waals surface area contributed by atoms with Crippen LogP contribution in [0.2, 0.25) is 0 Å². The topological polar surface area (TPSA) is 38.7 Å². The molecule has 3 heteroatoms. The Labute approximate surface area is 421 Å². The van der Waals surface area contributed by atoms with Crippen LogP contribution in [-0.4, -0.2) is 15.0 Å². The largest absolute Gasteiger partial charge is 0.246 e. The minimum Gasteiger partial charge on any atom is -0.246 e. The fraction of sp³-hybridized carbons (Fsp3) is 0. The maximum absolute atomic E-state index is 5.64. The lowest BCUT2D eigenvalue weighted by molar-refractivity contribution is 1.18. The van der Waals surface area contributed by atoms with Crippen LogP contribution in [0.3, 0.4) is 0 Å². The molecule has 0 aliphatic carbocycles. The predicted molar refractivity (Wildman–Crippen MR) is 300 cm³/mol. The van der Waals surface area contributed by atoms with Crippen molar-refractivity contribution < 1.29 is 0 Å². The molecule has 3 nitrogen and oxygen atoms in total. The Hall–Kier alpha value is -9.57. The van der Waals surface area contributed by atoms with E-state index >= 15 is 0 Å². The van der Waals surface area contributed by atoms with E-state index in [1.165, 1.54) is 11.1 Å². The second-order valence-electron chi connectivity index (χ2n) is 17.9. The van der Waals surface area contributed by atoms with E-state index in [1.807, 2.05) is 12.1 Å². The molecule has 12 rings (SSSR count). The van der Waals surface area contributed by atoms with E-state index in [-0.39, 0.29) is 0 Å². The van der Waals surface area contributed by atoms with Gasteiger partial charge in [-0.25, -0.2) is 15.0 Å². The molecule has 72 heavy (non-hydrogen) atoms. The molecule has 10 aromatic carbocycles. The maximum Gasteiger partial charge on any atom is 0.160 e. The third-order valence-electron chi connectivity index (χ3n) is 13.3. The van der Waals surface area contributed by atoms with Gasteiger partial charge in [0.2, 0.25) is 0 Å². The average Bonchev–Trinajstić information content (AvgIpc) is 3.48. The fourth-order valence-electron chi connectivity index (χ4n) is 9.72. The summed E-state index contributed by atoms with van der Waals surface area (Å²) in [5.74, 6) is 0.667. The molecule has 0 fully saturated rings.